The van der Waals surface area contributed by atoms with Gasteiger partial charge in [0.2, 0.25) is 5.91 Å². The Morgan fingerprint density at radius 3 is 2.96 bits per heavy atom. The van der Waals surface area contributed by atoms with Crippen LogP contribution in [0.4, 0.5) is 10.5 Å². The van der Waals surface area contributed by atoms with Crippen molar-refractivity contribution >= 4 is 17.6 Å². The Balaban J connectivity index is 1.59. The zero-order valence-electron chi connectivity index (χ0n) is 14.4. The highest BCUT2D eigenvalue weighted by Crippen LogP contribution is 2.31. The van der Waals surface area contributed by atoms with Crippen molar-refractivity contribution in [3.63, 3.8) is 0 Å². The fourth-order valence-corrected chi connectivity index (χ4v) is 3.57. The molecule has 3 amide bonds. The van der Waals surface area contributed by atoms with E-state index in [2.05, 4.69) is 29.6 Å². The summed E-state index contributed by atoms with van der Waals surface area (Å²) in [6.45, 7) is 2.06. The van der Waals surface area contributed by atoms with E-state index < -0.39 is 0 Å². The fraction of sp³-hybridized carbons (Fsp3) is 0.556. The van der Waals surface area contributed by atoms with E-state index in [0.29, 0.717) is 19.0 Å². The number of para-hydroxylation sites is 1. The quantitative estimate of drug-likeness (QED) is 0.889. The van der Waals surface area contributed by atoms with E-state index in [4.69, 9.17) is 0 Å². The third-order valence-corrected chi connectivity index (χ3v) is 5.02. The molecule has 6 heteroatoms. The number of likely N-dealkylation sites (N-methyl/N-ethyl adjacent to an activating group) is 1. The lowest BCUT2D eigenvalue weighted by Gasteiger charge is -2.36. The summed E-state index contributed by atoms with van der Waals surface area (Å²) in [7, 11) is 4.12. The molecular formula is C18H26N4O2. The SMILES string of the molecule is CN(C)[C@@H]1CCCN(C(=O)NC[C@@H]2CC(=O)Nc3ccccc32)C1. The van der Waals surface area contributed by atoms with Crippen LogP contribution in [0.25, 0.3) is 0 Å². The zero-order chi connectivity index (χ0) is 17.1. The van der Waals surface area contributed by atoms with E-state index in [1.54, 1.807) is 0 Å². The number of likely N-dealkylation sites (tertiary alicyclic amines) is 1. The first-order valence-corrected chi connectivity index (χ1v) is 8.62. The van der Waals surface area contributed by atoms with Crippen molar-refractivity contribution in [1.29, 1.82) is 0 Å². The highest BCUT2D eigenvalue weighted by molar-refractivity contribution is 5.94. The second-order valence-electron chi connectivity index (χ2n) is 6.93. The van der Waals surface area contributed by atoms with Crippen LogP contribution in [-0.2, 0) is 4.79 Å². The molecule has 6 nitrogen and oxygen atoms in total. The normalized spacial score (nSPS) is 23.6. The number of nitrogens with zero attached hydrogens (tertiary/aromatic N) is 2. The predicted octanol–water partition coefficient (Wildman–Crippen LogP) is 1.85. The first-order valence-electron chi connectivity index (χ1n) is 8.62. The minimum absolute atomic E-state index is 0.0126. The average molecular weight is 330 g/mol. The van der Waals surface area contributed by atoms with Gasteiger partial charge in [0.1, 0.15) is 0 Å². The molecule has 1 saturated heterocycles. The summed E-state index contributed by atoms with van der Waals surface area (Å²) in [6, 6.07) is 8.21. The van der Waals surface area contributed by atoms with Gasteiger partial charge in [-0.3, -0.25) is 4.79 Å². The first kappa shape index (κ1) is 16.8. The number of hydrogen-bond acceptors (Lipinski definition) is 3. The van der Waals surface area contributed by atoms with Crippen molar-refractivity contribution in [2.45, 2.75) is 31.2 Å². The number of anilines is 1. The van der Waals surface area contributed by atoms with E-state index >= 15 is 0 Å². The van der Waals surface area contributed by atoms with Crippen LogP contribution in [0, 0.1) is 0 Å². The van der Waals surface area contributed by atoms with Gasteiger partial charge in [-0.1, -0.05) is 18.2 Å². The average Bonchev–Trinajstić information content (AvgIpc) is 2.59. The molecule has 2 atom stereocenters. The molecule has 0 saturated carbocycles. The lowest BCUT2D eigenvalue weighted by Crippen LogP contribution is -2.51. The van der Waals surface area contributed by atoms with Gasteiger partial charge in [0.05, 0.1) is 0 Å². The van der Waals surface area contributed by atoms with Crippen molar-refractivity contribution < 1.29 is 9.59 Å². The molecule has 0 aliphatic carbocycles. The highest BCUT2D eigenvalue weighted by Gasteiger charge is 2.28. The maximum Gasteiger partial charge on any atom is 0.317 e. The molecule has 0 aromatic heterocycles. The predicted molar refractivity (Wildman–Crippen MR) is 94.1 cm³/mol. The molecule has 2 heterocycles. The van der Waals surface area contributed by atoms with Crippen LogP contribution < -0.4 is 10.6 Å². The second-order valence-corrected chi connectivity index (χ2v) is 6.93. The molecular weight excluding hydrogens is 304 g/mol. The number of carbonyl (C=O) groups is 2. The molecule has 1 aromatic carbocycles. The third-order valence-electron chi connectivity index (χ3n) is 5.02. The van der Waals surface area contributed by atoms with Gasteiger partial charge >= 0.3 is 6.03 Å². The van der Waals surface area contributed by atoms with Crippen LogP contribution in [0.3, 0.4) is 0 Å². The Morgan fingerprint density at radius 1 is 1.38 bits per heavy atom. The van der Waals surface area contributed by atoms with Crippen molar-refractivity contribution in [1.82, 2.24) is 15.1 Å². The van der Waals surface area contributed by atoms with Gasteiger partial charge < -0.3 is 20.4 Å². The standard InChI is InChI=1S/C18H26N4O2/c1-21(2)14-6-5-9-22(12-14)18(24)19-11-13-10-17(23)20-16-8-4-3-7-15(13)16/h3-4,7-8,13-14H,5-6,9-12H2,1-2H3,(H,19,24)(H,20,23)/t13-,14+/m0/s1. The van der Waals surface area contributed by atoms with Crippen molar-refractivity contribution in [2.24, 2.45) is 0 Å². The first-order chi connectivity index (χ1) is 11.5. The molecule has 2 aliphatic rings. The number of amides is 3. The lowest BCUT2D eigenvalue weighted by atomic mass is 9.90. The molecule has 3 rings (SSSR count). The Kier molecular flexibility index (Phi) is 5.04. The molecule has 0 spiro atoms. The number of benzene rings is 1. The van der Waals surface area contributed by atoms with Crippen molar-refractivity contribution in [2.75, 3.05) is 39.0 Å². The summed E-state index contributed by atoms with van der Waals surface area (Å²) < 4.78 is 0. The Bertz CT molecular complexity index is 617. The van der Waals surface area contributed by atoms with E-state index in [-0.39, 0.29) is 17.9 Å². The van der Waals surface area contributed by atoms with Gasteiger partial charge in [0.25, 0.3) is 0 Å². The third kappa shape index (κ3) is 3.70. The molecule has 1 aromatic rings. The molecule has 0 radical (unpaired) electrons. The Hall–Kier alpha value is -2.08. The molecule has 0 unspecified atom stereocenters. The number of rotatable bonds is 3. The lowest BCUT2D eigenvalue weighted by molar-refractivity contribution is -0.116. The zero-order valence-corrected chi connectivity index (χ0v) is 14.4. The maximum absolute atomic E-state index is 12.5. The van der Waals surface area contributed by atoms with Gasteiger partial charge in [-0.2, -0.15) is 0 Å². The molecule has 130 valence electrons. The fourth-order valence-electron chi connectivity index (χ4n) is 3.57. The van der Waals surface area contributed by atoms with Gasteiger partial charge in [-0.25, -0.2) is 4.79 Å². The number of carbonyl (C=O) groups excluding carboxylic acids is 2. The molecule has 2 aliphatic heterocycles. The van der Waals surface area contributed by atoms with Crippen LogP contribution in [-0.4, -0.2) is 61.5 Å². The van der Waals surface area contributed by atoms with Crippen LogP contribution in [0.1, 0.15) is 30.7 Å². The number of fused-ring (bicyclic) bond motifs is 1. The van der Waals surface area contributed by atoms with E-state index in [0.717, 1.165) is 37.2 Å². The van der Waals surface area contributed by atoms with Crippen molar-refractivity contribution in [3.8, 4) is 0 Å². The minimum atomic E-state index is -0.0231. The van der Waals surface area contributed by atoms with Crippen LogP contribution in [0.2, 0.25) is 0 Å². The minimum Gasteiger partial charge on any atom is -0.337 e. The van der Waals surface area contributed by atoms with Crippen LogP contribution in [0.5, 0.6) is 0 Å². The highest BCUT2D eigenvalue weighted by atomic mass is 16.2. The van der Waals surface area contributed by atoms with E-state index in [1.807, 2.05) is 29.2 Å². The smallest absolute Gasteiger partial charge is 0.317 e. The second kappa shape index (κ2) is 7.21. The van der Waals surface area contributed by atoms with Crippen molar-refractivity contribution in [3.05, 3.63) is 29.8 Å². The summed E-state index contributed by atoms with van der Waals surface area (Å²) in [5.41, 5.74) is 1.96. The Morgan fingerprint density at radius 2 is 2.17 bits per heavy atom. The maximum atomic E-state index is 12.5. The van der Waals surface area contributed by atoms with E-state index in [9.17, 15) is 9.59 Å². The topological polar surface area (TPSA) is 64.7 Å². The van der Waals surface area contributed by atoms with E-state index in [1.165, 1.54) is 0 Å². The molecule has 0 bridgehead atoms. The summed E-state index contributed by atoms with van der Waals surface area (Å²) in [5, 5.41) is 5.92. The van der Waals surface area contributed by atoms with Gasteiger partial charge in [0, 0.05) is 43.7 Å². The summed E-state index contributed by atoms with van der Waals surface area (Å²) in [6.07, 6.45) is 2.58. The summed E-state index contributed by atoms with van der Waals surface area (Å²) in [4.78, 5) is 28.4. The number of urea groups is 1. The largest absolute Gasteiger partial charge is 0.337 e. The van der Waals surface area contributed by atoms with Crippen LogP contribution in [0.15, 0.2) is 24.3 Å². The number of hydrogen-bond donors (Lipinski definition) is 2. The molecule has 2 N–H and O–H groups in total. The molecule has 24 heavy (non-hydrogen) atoms. The summed E-state index contributed by atoms with van der Waals surface area (Å²) in [5.74, 6) is 0.0481. The molecule has 1 fully saturated rings. The van der Waals surface area contributed by atoms with Gasteiger partial charge in [-0.15, -0.1) is 0 Å². The monoisotopic (exact) mass is 330 g/mol. The Labute approximate surface area is 143 Å². The van der Waals surface area contributed by atoms with Gasteiger partial charge in [-0.05, 0) is 38.6 Å². The van der Waals surface area contributed by atoms with Gasteiger partial charge in [0.15, 0.2) is 0 Å². The summed E-state index contributed by atoms with van der Waals surface area (Å²) >= 11 is 0. The number of piperidine rings is 1. The van der Waals surface area contributed by atoms with Crippen LogP contribution >= 0.6 is 0 Å². The number of nitrogens with one attached hydrogen (secondary N) is 2.